The maximum Gasteiger partial charge on any atom is 0.416 e. The number of hydrogen-bond acceptors (Lipinski definition) is 5. The van der Waals surface area contributed by atoms with Crippen LogP contribution >= 0.6 is 11.3 Å². The molecule has 0 saturated carbocycles. The Hall–Kier alpha value is -3.94. The molecular weight excluding hydrogens is 577 g/mol. The summed E-state index contributed by atoms with van der Waals surface area (Å²) in [4.78, 5) is 18.9. The normalized spacial score (nSPS) is 15.0. The largest absolute Gasteiger partial charge is 0.476 e. The molecule has 0 atom stereocenters. The number of carboxylic acids is 1. The van der Waals surface area contributed by atoms with Gasteiger partial charge in [0, 0.05) is 18.7 Å². The molecule has 0 bridgehead atoms. The summed E-state index contributed by atoms with van der Waals surface area (Å²) < 4.78 is 94.4. The van der Waals surface area contributed by atoms with Gasteiger partial charge in [0.15, 0.2) is 5.69 Å². The molecule has 14 heteroatoms. The Kier molecular flexibility index (Phi) is 7.30. The van der Waals surface area contributed by atoms with Crippen LogP contribution in [0, 0.1) is 18.7 Å². The number of aromatic nitrogens is 3. The second-order valence-corrected chi connectivity index (χ2v) is 10.5. The Bertz CT molecular complexity index is 1580. The summed E-state index contributed by atoms with van der Waals surface area (Å²) in [7, 11) is 0. The minimum Gasteiger partial charge on any atom is -0.476 e. The average molecular weight is 599 g/mol. The quantitative estimate of drug-likeness (QED) is 0.240. The number of halogens is 7. The highest BCUT2D eigenvalue weighted by molar-refractivity contribution is 7.18. The molecule has 0 unspecified atom stereocenters. The van der Waals surface area contributed by atoms with E-state index in [1.807, 2.05) is 0 Å². The lowest BCUT2D eigenvalue weighted by atomic mass is 9.96. The Morgan fingerprint density at radius 1 is 1.00 bits per heavy atom. The number of carbonyl (C=O) groups is 1. The zero-order valence-electron chi connectivity index (χ0n) is 21.2. The summed E-state index contributed by atoms with van der Waals surface area (Å²) in [5.41, 5.74) is -0.208. The fourth-order valence-electron chi connectivity index (χ4n) is 4.88. The Morgan fingerprint density at radius 2 is 1.66 bits per heavy atom. The van der Waals surface area contributed by atoms with Gasteiger partial charge in [0.2, 0.25) is 5.13 Å². The third kappa shape index (κ3) is 5.65. The average Bonchev–Trinajstić information content (AvgIpc) is 3.49. The molecule has 0 spiro atoms. The van der Waals surface area contributed by atoms with Crippen LogP contribution in [0.1, 0.15) is 34.6 Å². The van der Waals surface area contributed by atoms with E-state index >= 15 is 0 Å². The highest BCUT2D eigenvalue weighted by atomic mass is 32.1. The van der Waals surface area contributed by atoms with Gasteiger partial charge in [-0.25, -0.2) is 14.2 Å². The number of carboxylic acid groups (broad SMARTS) is 1. The predicted molar refractivity (Wildman–Crippen MR) is 138 cm³/mol. The number of benzene rings is 2. The summed E-state index contributed by atoms with van der Waals surface area (Å²) >= 11 is 0.938. The second kappa shape index (κ2) is 10.5. The number of anilines is 1. The van der Waals surface area contributed by atoms with E-state index in [1.165, 1.54) is 37.3 Å². The molecule has 2 aromatic carbocycles. The van der Waals surface area contributed by atoms with Crippen LogP contribution in [0.15, 0.2) is 48.5 Å². The molecule has 6 nitrogen and oxygen atoms in total. The zero-order valence-corrected chi connectivity index (χ0v) is 22.0. The highest BCUT2D eigenvalue weighted by Crippen LogP contribution is 2.43. The smallest absolute Gasteiger partial charge is 0.416 e. The van der Waals surface area contributed by atoms with Crippen LogP contribution in [0.5, 0.6) is 0 Å². The lowest BCUT2D eigenvalue weighted by Gasteiger charge is -2.33. The van der Waals surface area contributed by atoms with Crippen molar-refractivity contribution in [2.24, 2.45) is 5.92 Å². The van der Waals surface area contributed by atoms with E-state index < -0.39 is 35.6 Å². The maximum absolute atomic E-state index is 14.0. The standard InChI is InChI=1S/C27H21F7N4O2S/c1-14-20(16-3-2-4-19(28)13-16)21(24(39)40)38(36-14)25-35-23(37-11-9-18(10-12-37)27(32,33)34)22(41-25)15-5-7-17(8-6-15)26(29,30)31/h2-8,13,18H,9-12H2,1H3,(H,39,40). The van der Waals surface area contributed by atoms with Gasteiger partial charge in [-0.15, -0.1) is 0 Å². The summed E-state index contributed by atoms with van der Waals surface area (Å²) in [6, 6.07) is 9.54. The summed E-state index contributed by atoms with van der Waals surface area (Å²) in [6.45, 7) is 1.51. The van der Waals surface area contributed by atoms with Crippen molar-refractivity contribution in [3.05, 3.63) is 71.3 Å². The number of alkyl halides is 6. The molecule has 216 valence electrons. The van der Waals surface area contributed by atoms with Gasteiger partial charge in [-0.1, -0.05) is 35.6 Å². The van der Waals surface area contributed by atoms with Crippen LogP contribution < -0.4 is 4.90 Å². The van der Waals surface area contributed by atoms with Crippen molar-refractivity contribution in [2.75, 3.05) is 18.0 Å². The van der Waals surface area contributed by atoms with Crippen molar-refractivity contribution in [3.8, 4) is 26.7 Å². The molecule has 1 saturated heterocycles. The first kappa shape index (κ1) is 28.6. The van der Waals surface area contributed by atoms with Gasteiger partial charge in [-0.3, -0.25) is 0 Å². The van der Waals surface area contributed by atoms with E-state index in [0.717, 1.165) is 34.2 Å². The fourth-order valence-corrected chi connectivity index (χ4v) is 5.93. The molecule has 2 aromatic heterocycles. The lowest BCUT2D eigenvalue weighted by molar-refractivity contribution is -0.179. The van der Waals surface area contributed by atoms with Crippen molar-refractivity contribution in [1.82, 2.24) is 14.8 Å². The number of aryl methyl sites for hydroxylation is 1. The third-order valence-corrected chi connectivity index (χ3v) is 7.96. The summed E-state index contributed by atoms with van der Waals surface area (Å²) in [6.07, 6.45) is -9.33. The fraction of sp³-hybridized carbons (Fsp3) is 0.296. The SMILES string of the molecule is Cc1nn(-c2nc(N3CCC(C(F)(F)F)CC3)c(-c3ccc(C(F)(F)F)cc3)s2)c(C(=O)O)c1-c1cccc(F)c1. The van der Waals surface area contributed by atoms with Crippen LogP contribution in [0.4, 0.5) is 36.6 Å². The van der Waals surface area contributed by atoms with Gasteiger partial charge >= 0.3 is 18.3 Å². The van der Waals surface area contributed by atoms with E-state index in [1.54, 1.807) is 4.90 Å². The Balaban J connectivity index is 1.63. The van der Waals surface area contributed by atoms with Crippen molar-refractivity contribution in [1.29, 1.82) is 0 Å². The minimum absolute atomic E-state index is 0.0144. The number of rotatable bonds is 5. The van der Waals surface area contributed by atoms with E-state index in [0.29, 0.717) is 10.4 Å². The topological polar surface area (TPSA) is 71.2 Å². The minimum atomic E-state index is -4.57. The summed E-state index contributed by atoms with van der Waals surface area (Å²) in [5.74, 6) is -3.26. The molecule has 1 aliphatic rings. The van der Waals surface area contributed by atoms with Gasteiger partial charge in [0.25, 0.3) is 0 Å². The number of hydrogen-bond donors (Lipinski definition) is 1. The first-order chi connectivity index (χ1) is 19.2. The zero-order chi connectivity index (χ0) is 29.7. The van der Waals surface area contributed by atoms with E-state index in [-0.39, 0.29) is 59.4 Å². The van der Waals surface area contributed by atoms with E-state index in [9.17, 15) is 40.6 Å². The third-order valence-electron chi connectivity index (χ3n) is 6.89. The van der Waals surface area contributed by atoms with Crippen molar-refractivity contribution < 1.29 is 40.6 Å². The number of nitrogens with zero attached hydrogens (tertiary/aromatic N) is 4. The molecule has 4 aromatic rings. The van der Waals surface area contributed by atoms with Crippen LogP contribution in [0.2, 0.25) is 0 Å². The van der Waals surface area contributed by atoms with Crippen LogP contribution in [-0.2, 0) is 6.18 Å². The van der Waals surface area contributed by atoms with Crippen molar-refractivity contribution >= 4 is 23.1 Å². The molecule has 0 aliphatic carbocycles. The van der Waals surface area contributed by atoms with Gasteiger partial charge < -0.3 is 10.0 Å². The number of piperidine rings is 1. The van der Waals surface area contributed by atoms with Gasteiger partial charge in [0.1, 0.15) is 11.6 Å². The second-order valence-electron chi connectivity index (χ2n) is 9.56. The molecule has 1 fully saturated rings. The molecular formula is C27H21F7N4O2S. The lowest BCUT2D eigenvalue weighted by Crippen LogP contribution is -2.39. The molecule has 1 N–H and O–H groups in total. The number of thiazole rings is 1. The monoisotopic (exact) mass is 598 g/mol. The molecule has 0 radical (unpaired) electrons. The Labute approximate surface area is 232 Å². The highest BCUT2D eigenvalue weighted by Gasteiger charge is 2.42. The van der Waals surface area contributed by atoms with Crippen molar-refractivity contribution in [3.63, 3.8) is 0 Å². The van der Waals surface area contributed by atoms with E-state index in [4.69, 9.17) is 0 Å². The molecule has 0 amide bonds. The van der Waals surface area contributed by atoms with Gasteiger partial charge in [-0.05, 0) is 55.2 Å². The molecule has 41 heavy (non-hydrogen) atoms. The number of aromatic carboxylic acids is 1. The first-order valence-electron chi connectivity index (χ1n) is 12.3. The van der Waals surface area contributed by atoms with Crippen molar-refractivity contribution in [2.45, 2.75) is 32.1 Å². The Morgan fingerprint density at radius 3 is 2.22 bits per heavy atom. The van der Waals surface area contributed by atoms with E-state index in [2.05, 4.69) is 10.1 Å². The maximum atomic E-state index is 14.0. The van der Waals surface area contributed by atoms with Crippen LogP contribution in [0.3, 0.4) is 0 Å². The molecule has 3 heterocycles. The van der Waals surface area contributed by atoms with Crippen LogP contribution in [-0.4, -0.2) is 45.1 Å². The first-order valence-corrected chi connectivity index (χ1v) is 13.1. The van der Waals surface area contributed by atoms with Gasteiger partial charge in [0.05, 0.1) is 22.1 Å². The van der Waals surface area contributed by atoms with Gasteiger partial charge in [-0.2, -0.15) is 36.1 Å². The van der Waals surface area contributed by atoms with Crippen LogP contribution in [0.25, 0.3) is 26.7 Å². The molecule has 5 rings (SSSR count). The molecule has 1 aliphatic heterocycles. The summed E-state index contributed by atoms with van der Waals surface area (Å²) in [5, 5.41) is 14.5. The predicted octanol–water partition coefficient (Wildman–Crippen LogP) is 7.61.